The van der Waals surface area contributed by atoms with Gasteiger partial charge in [-0.1, -0.05) is 24.3 Å². The van der Waals surface area contributed by atoms with Crippen molar-refractivity contribution in [2.45, 2.75) is 25.3 Å². The normalized spacial score (nSPS) is 32.9. The first kappa shape index (κ1) is 8.84. The molecule has 15 heavy (non-hydrogen) atoms. The number of rotatable bonds is 0. The van der Waals surface area contributed by atoms with Crippen LogP contribution in [-0.2, 0) is 4.79 Å². The van der Waals surface area contributed by atoms with E-state index in [1.165, 1.54) is 5.57 Å². The van der Waals surface area contributed by atoms with Gasteiger partial charge >= 0.3 is 0 Å². The van der Waals surface area contributed by atoms with Gasteiger partial charge in [0.15, 0.2) is 5.78 Å². The van der Waals surface area contributed by atoms with E-state index in [9.17, 15) is 4.79 Å². The predicted molar refractivity (Wildman–Crippen MR) is 59.9 cm³/mol. The summed E-state index contributed by atoms with van der Waals surface area (Å²) in [4.78, 5) is 16.4. The Morgan fingerprint density at radius 1 is 1.33 bits per heavy atom. The largest absolute Gasteiger partial charge is 0.294 e. The fraction of sp³-hybridized carbons (Fsp3) is 0.385. The van der Waals surface area contributed by atoms with E-state index < -0.39 is 0 Å². The Labute approximate surface area is 89.1 Å². The maximum atomic E-state index is 11.9. The summed E-state index contributed by atoms with van der Waals surface area (Å²) in [7, 11) is 0. The van der Waals surface area contributed by atoms with Crippen LogP contribution in [0.1, 0.15) is 19.3 Å². The molecule has 2 atom stereocenters. The van der Waals surface area contributed by atoms with Crippen molar-refractivity contribution < 1.29 is 4.79 Å². The fourth-order valence-electron chi connectivity index (χ4n) is 2.58. The Bertz CT molecular complexity index is 426. The molecule has 0 saturated heterocycles. The minimum absolute atomic E-state index is 0.147. The molecule has 2 heteroatoms. The first-order valence-electron chi connectivity index (χ1n) is 5.52. The van der Waals surface area contributed by atoms with E-state index >= 15 is 0 Å². The van der Waals surface area contributed by atoms with Crippen LogP contribution in [-0.4, -0.2) is 18.0 Å². The third-order valence-electron chi connectivity index (χ3n) is 3.32. The molecule has 0 aromatic heterocycles. The second-order valence-corrected chi connectivity index (χ2v) is 4.27. The van der Waals surface area contributed by atoms with Crippen LogP contribution in [0.5, 0.6) is 0 Å². The van der Waals surface area contributed by atoms with Crippen molar-refractivity contribution in [3.05, 3.63) is 35.5 Å². The van der Waals surface area contributed by atoms with Crippen LogP contribution in [0.25, 0.3) is 0 Å². The first-order chi connectivity index (χ1) is 7.36. The van der Waals surface area contributed by atoms with Crippen LogP contribution in [0.2, 0.25) is 0 Å². The zero-order valence-corrected chi connectivity index (χ0v) is 8.52. The van der Waals surface area contributed by atoms with E-state index in [1.807, 2.05) is 18.4 Å². The molecule has 76 valence electrons. The summed E-state index contributed by atoms with van der Waals surface area (Å²) < 4.78 is 0. The standard InChI is InChI=1S/C13H13NO/c15-12-7-3-6-11-13(12)10-5-2-1-4-9(10)8-14-11/h1-2,4-5,8-9,11H,3,6-7H2. The molecule has 0 spiro atoms. The van der Waals surface area contributed by atoms with Gasteiger partial charge in [0.25, 0.3) is 0 Å². The van der Waals surface area contributed by atoms with Crippen molar-refractivity contribution in [2.75, 3.05) is 0 Å². The first-order valence-corrected chi connectivity index (χ1v) is 5.52. The second kappa shape index (κ2) is 3.30. The van der Waals surface area contributed by atoms with E-state index in [1.54, 1.807) is 0 Å². The molecule has 2 nitrogen and oxygen atoms in total. The molecule has 2 aliphatic carbocycles. The predicted octanol–water partition coefficient (Wildman–Crippen LogP) is 2.23. The highest BCUT2D eigenvalue weighted by atomic mass is 16.1. The number of fused-ring (bicyclic) bond motifs is 2. The van der Waals surface area contributed by atoms with Crippen molar-refractivity contribution in [3.8, 4) is 0 Å². The zero-order chi connectivity index (χ0) is 10.3. The van der Waals surface area contributed by atoms with E-state index in [0.717, 1.165) is 18.4 Å². The number of hydrogen-bond acceptors (Lipinski definition) is 2. The number of nitrogens with zero attached hydrogens (tertiary/aromatic N) is 1. The lowest BCUT2D eigenvalue weighted by atomic mass is 9.79. The van der Waals surface area contributed by atoms with Crippen LogP contribution < -0.4 is 0 Å². The minimum atomic E-state index is 0.147. The van der Waals surface area contributed by atoms with Gasteiger partial charge in [-0.2, -0.15) is 0 Å². The van der Waals surface area contributed by atoms with Crippen molar-refractivity contribution in [3.63, 3.8) is 0 Å². The number of carbonyl (C=O) groups is 1. The Hall–Kier alpha value is -1.44. The van der Waals surface area contributed by atoms with E-state index in [0.29, 0.717) is 12.2 Å². The molecule has 0 aromatic rings. The molecule has 1 saturated carbocycles. The Morgan fingerprint density at radius 3 is 3.20 bits per heavy atom. The second-order valence-electron chi connectivity index (χ2n) is 4.27. The number of allylic oxidation sites excluding steroid dienone is 5. The summed E-state index contributed by atoms with van der Waals surface area (Å²) in [5.74, 6) is 0.548. The third kappa shape index (κ3) is 1.32. The summed E-state index contributed by atoms with van der Waals surface area (Å²) in [6, 6.07) is 0.147. The lowest BCUT2D eigenvalue weighted by Gasteiger charge is -2.29. The summed E-state index contributed by atoms with van der Waals surface area (Å²) in [6.07, 6.45) is 12.9. The van der Waals surface area contributed by atoms with Gasteiger partial charge in [-0.3, -0.25) is 9.79 Å². The molecule has 1 heterocycles. The number of Topliss-reactive ketones (excluding diaryl/α,β-unsaturated/α-hetero) is 1. The molecule has 0 aromatic carbocycles. The highest BCUT2D eigenvalue weighted by Crippen LogP contribution is 2.34. The summed E-state index contributed by atoms with van der Waals surface area (Å²) in [5, 5.41) is 0. The molecule has 3 aliphatic rings. The molecule has 2 unspecified atom stereocenters. The smallest absolute Gasteiger partial charge is 0.161 e. The topological polar surface area (TPSA) is 29.4 Å². The number of carbonyl (C=O) groups excluding carboxylic acids is 1. The summed E-state index contributed by atoms with van der Waals surface area (Å²) in [5.41, 5.74) is 2.16. The maximum absolute atomic E-state index is 11.9. The van der Waals surface area contributed by atoms with Crippen LogP contribution >= 0.6 is 0 Å². The molecule has 0 N–H and O–H groups in total. The van der Waals surface area contributed by atoms with Gasteiger partial charge in [-0.05, 0) is 18.4 Å². The number of dihydropyridines is 1. The van der Waals surface area contributed by atoms with Crippen molar-refractivity contribution >= 4 is 12.0 Å². The molecule has 3 rings (SSSR count). The highest BCUT2D eigenvalue weighted by molar-refractivity contribution is 6.00. The van der Waals surface area contributed by atoms with Gasteiger partial charge in [0, 0.05) is 24.1 Å². The minimum Gasteiger partial charge on any atom is -0.294 e. The van der Waals surface area contributed by atoms with Crippen LogP contribution in [0.4, 0.5) is 0 Å². The molecule has 0 radical (unpaired) electrons. The van der Waals surface area contributed by atoms with Crippen molar-refractivity contribution in [1.29, 1.82) is 0 Å². The molecule has 1 fully saturated rings. The van der Waals surface area contributed by atoms with E-state index in [2.05, 4.69) is 17.1 Å². The van der Waals surface area contributed by atoms with Gasteiger partial charge < -0.3 is 0 Å². The number of hydrogen-bond donors (Lipinski definition) is 0. The zero-order valence-electron chi connectivity index (χ0n) is 8.52. The molecule has 1 aliphatic heterocycles. The van der Waals surface area contributed by atoms with Gasteiger partial charge in [0.1, 0.15) is 0 Å². The van der Waals surface area contributed by atoms with Gasteiger partial charge in [-0.25, -0.2) is 0 Å². The lowest BCUT2D eigenvalue weighted by molar-refractivity contribution is -0.116. The third-order valence-corrected chi connectivity index (χ3v) is 3.32. The lowest BCUT2D eigenvalue weighted by Crippen LogP contribution is -2.29. The number of ketones is 1. The van der Waals surface area contributed by atoms with Gasteiger partial charge in [0.2, 0.25) is 0 Å². The maximum Gasteiger partial charge on any atom is 0.161 e. The van der Waals surface area contributed by atoms with Crippen LogP contribution in [0, 0.1) is 5.92 Å². The summed E-state index contributed by atoms with van der Waals surface area (Å²) >= 11 is 0. The Kier molecular flexibility index (Phi) is 1.94. The monoisotopic (exact) mass is 199 g/mol. The van der Waals surface area contributed by atoms with Gasteiger partial charge in [-0.15, -0.1) is 0 Å². The van der Waals surface area contributed by atoms with Gasteiger partial charge in [0.05, 0.1) is 6.04 Å². The molecule has 0 bridgehead atoms. The van der Waals surface area contributed by atoms with Crippen LogP contribution in [0.3, 0.4) is 0 Å². The SMILES string of the molecule is O=C1CCCC2N=CC3C=CC=CC3=C12. The molecular weight excluding hydrogens is 186 g/mol. The molecular formula is C13H13NO. The molecule has 0 amide bonds. The average molecular weight is 199 g/mol. The van der Waals surface area contributed by atoms with Crippen molar-refractivity contribution in [1.82, 2.24) is 0 Å². The average Bonchev–Trinajstić information content (AvgIpc) is 2.29. The van der Waals surface area contributed by atoms with E-state index in [-0.39, 0.29) is 12.0 Å². The van der Waals surface area contributed by atoms with Crippen LogP contribution in [0.15, 0.2) is 40.4 Å². The Morgan fingerprint density at radius 2 is 2.27 bits per heavy atom. The fourth-order valence-corrected chi connectivity index (χ4v) is 2.58. The van der Waals surface area contributed by atoms with E-state index in [4.69, 9.17) is 0 Å². The summed E-state index contributed by atoms with van der Waals surface area (Å²) in [6.45, 7) is 0. The Balaban J connectivity index is 2.10. The quantitative estimate of drug-likeness (QED) is 0.588. The highest BCUT2D eigenvalue weighted by Gasteiger charge is 2.32. The van der Waals surface area contributed by atoms with Crippen molar-refractivity contribution in [2.24, 2.45) is 10.9 Å². The number of aliphatic imine (C=N–C) groups is 1.